The SMILES string of the molecule is COc1cc(OC)c(C[C@@H](O)[C@H](c2cc(OC)c(OC)c(OC)c2)c2c(OC)cc(OC)c3c2O[C@H](c2cc(OC)c(OC)c(OC)c2)[C@H](O)C3)c(OC)c1. The number of aliphatic hydroxyl groups is 2. The molecule has 0 aliphatic carbocycles. The van der Waals surface area contributed by atoms with E-state index in [1.165, 1.54) is 71.1 Å². The normalized spacial score (nSPS) is 15.7. The molecule has 4 aromatic rings. The fourth-order valence-electron chi connectivity index (χ4n) is 7.19. The Morgan fingerprint density at radius 2 is 1.04 bits per heavy atom. The smallest absolute Gasteiger partial charge is 0.203 e. The van der Waals surface area contributed by atoms with Crippen LogP contribution in [-0.2, 0) is 12.8 Å². The molecule has 0 fully saturated rings. The predicted molar refractivity (Wildman–Crippen MR) is 202 cm³/mol. The summed E-state index contributed by atoms with van der Waals surface area (Å²) in [6.07, 6.45) is -3.03. The molecule has 0 saturated heterocycles. The van der Waals surface area contributed by atoms with Gasteiger partial charge in [-0.25, -0.2) is 0 Å². The summed E-state index contributed by atoms with van der Waals surface area (Å²) in [6.45, 7) is 0. The second-order valence-corrected chi connectivity index (χ2v) is 12.5. The molecule has 0 amide bonds. The van der Waals surface area contributed by atoms with Crippen LogP contribution in [0.2, 0.25) is 0 Å². The zero-order chi connectivity index (χ0) is 40.0. The van der Waals surface area contributed by atoms with Gasteiger partial charge in [-0.2, -0.15) is 0 Å². The molecule has 1 heterocycles. The molecule has 0 unspecified atom stereocenters. The molecular weight excluding hydrogens is 716 g/mol. The third kappa shape index (κ3) is 7.69. The van der Waals surface area contributed by atoms with E-state index in [4.69, 9.17) is 56.8 Å². The Balaban J connectivity index is 1.81. The Hall–Kier alpha value is -5.60. The number of rotatable bonds is 17. The summed E-state index contributed by atoms with van der Waals surface area (Å²) in [7, 11) is 16.7. The first-order valence-corrected chi connectivity index (χ1v) is 17.3. The Kier molecular flexibility index (Phi) is 13.1. The van der Waals surface area contributed by atoms with E-state index in [0.29, 0.717) is 96.8 Å². The van der Waals surface area contributed by atoms with E-state index in [1.807, 2.05) is 0 Å². The lowest BCUT2D eigenvalue weighted by Gasteiger charge is -2.36. The molecule has 0 radical (unpaired) electrons. The monoisotopic (exact) mass is 766 g/mol. The van der Waals surface area contributed by atoms with Gasteiger partial charge in [0.25, 0.3) is 0 Å². The fraction of sp³-hybridized carbons (Fsp3) is 0.415. The van der Waals surface area contributed by atoms with E-state index < -0.39 is 24.2 Å². The average Bonchev–Trinajstić information content (AvgIpc) is 3.22. The van der Waals surface area contributed by atoms with Gasteiger partial charge in [0.05, 0.1) is 90.4 Å². The van der Waals surface area contributed by atoms with Gasteiger partial charge in [-0.15, -0.1) is 0 Å². The maximum absolute atomic E-state index is 12.7. The van der Waals surface area contributed by atoms with E-state index >= 15 is 0 Å². The highest BCUT2D eigenvalue weighted by molar-refractivity contribution is 5.65. The molecule has 0 saturated carbocycles. The summed E-state index contributed by atoms with van der Waals surface area (Å²) in [5, 5.41) is 24.4. The van der Waals surface area contributed by atoms with Gasteiger partial charge in [-0.1, -0.05) is 0 Å². The van der Waals surface area contributed by atoms with E-state index in [0.717, 1.165) is 0 Å². The maximum atomic E-state index is 12.7. The molecule has 5 rings (SSSR count). The third-order valence-corrected chi connectivity index (χ3v) is 9.78. The first kappa shape index (κ1) is 40.6. The highest BCUT2D eigenvalue weighted by Gasteiger charge is 2.40. The lowest BCUT2D eigenvalue weighted by Crippen LogP contribution is -2.33. The van der Waals surface area contributed by atoms with Crippen LogP contribution in [0.4, 0.5) is 0 Å². The zero-order valence-electron chi connectivity index (χ0n) is 33.1. The van der Waals surface area contributed by atoms with Crippen molar-refractivity contribution in [2.24, 2.45) is 0 Å². The molecule has 2 N–H and O–H groups in total. The Bertz CT molecular complexity index is 1890. The summed E-state index contributed by atoms with van der Waals surface area (Å²) < 4.78 is 69.8. The molecule has 1 aliphatic rings. The number of methoxy groups -OCH3 is 11. The maximum Gasteiger partial charge on any atom is 0.203 e. The second-order valence-electron chi connectivity index (χ2n) is 12.5. The van der Waals surface area contributed by atoms with Gasteiger partial charge < -0.3 is 67.1 Å². The minimum absolute atomic E-state index is 0.0283. The fourth-order valence-corrected chi connectivity index (χ4v) is 7.19. The van der Waals surface area contributed by atoms with Gasteiger partial charge >= 0.3 is 0 Å². The third-order valence-electron chi connectivity index (χ3n) is 9.78. The Morgan fingerprint density at radius 3 is 1.47 bits per heavy atom. The number of aliphatic hydroxyl groups excluding tert-OH is 2. The van der Waals surface area contributed by atoms with Crippen molar-refractivity contribution < 1.29 is 67.1 Å². The minimum atomic E-state index is -1.21. The van der Waals surface area contributed by atoms with E-state index in [1.54, 1.807) is 49.6 Å². The van der Waals surface area contributed by atoms with Gasteiger partial charge in [0.1, 0.15) is 34.5 Å². The molecule has 0 aromatic heterocycles. The predicted octanol–water partition coefficient (Wildman–Crippen LogP) is 5.55. The zero-order valence-corrected chi connectivity index (χ0v) is 33.1. The summed E-state index contributed by atoms with van der Waals surface area (Å²) in [6, 6.07) is 12.2. The highest BCUT2D eigenvalue weighted by Crippen LogP contribution is 2.54. The van der Waals surface area contributed by atoms with Crippen molar-refractivity contribution >= 4 is 0 Å². The first-order chi connectivity index (χ1) is 26.6. The van der Waals surface area contributed by atoms with Crippen LogP contribution >= 0.6 is 0 Å². The van der Waals surface area contributed by atoms with Gasteiger partial charge in [-0.05, 0) is 29.8 Å². The molecule has 55 heavy (non-hydrogen) atoms. The van der Waals surface area contributed by atoms with Crippen LogP contribution in [0.15, 0.2) is 42.5 Å². The number of hydrogen-bond donors (Lipinski definition) is 2. The molecule has 0 spiro atoms. The van der Waals surface area contributed by atoms with E-state index in [2.05, 4.69) is 0 Å². The number of ether oxygens (including phenoxy) is 12. The number of fused-ring (bicyclic) bond motifs is 1. The van der Waals surface area contributed by atoms with Gasteiger partial charge in [0, 0.05) is 59.2 Å². The highest BCUT2D eigenvalue weighted by atomic mass is 16.5. The average molecular weight is 767 g/mol. The van der Waals surface area contributed by atoms with Crippen molar-refractivity contribution in [3.63, 3.8) is 0 Å². The minimum Gasteiger partial charge on any atom is -0.496 e. The number of benzene rings is 4. The number of hydrogen-bond acceptors (Lipinski definition) is 14. The Labute approximate surface area is 321 Å². The lowest BCUT2D eigenvalue weighted by atomic mass is 9.80. The molecular formula is C41H50O14. The molecule has 0 bridgehead atoms. The van der Waals surface area contributed by atoms with Crippen LogP contribution in [0.5, 0.6) is 69.0 Å². The van der Waals surface area contributed by atoms with Crippen molar-refractivity contribution in [2.45, 2.75) is 37.1 Å². The van der Waals surface area contributed by atoms with Crippen molar-refractivity contribution in [1.82, 2.24) is 0 Å². The van der Waals surface area contributed by atoms with Crippen molar-refractivity contribution in [2.75, 3.05) is 78.2 Å². The summed E-state index contributed by atoms with van der Waals surface area (Å²) in [5.74, 6) is 3.87. The quantitative estimate of drug-likeness (QED) is 0.138. The lowest BCUT2D eigenvalue weighted by molar-refractivity contribution is 0.0179. The molecule has 298 valence electrons. The summed E-state index contributed by atoms with van der Waals surface area (Å²) in [4.78, 5) is 0. The van der Waals surface area contributed by atoms with Gasteiger partial charge in [0.2, 0.25) is 11.5 Å². The molecule has 4 aromatic carbocycles. The second kappa shape index (κ2) is 17.7. The Morgan fingerprint density at radius 1 is 0.564 bits per heavy atom. The summed E-state index contributed by atoms with van der Waals surface area (Å²) in [5.41, 5.74) is 2.74. The van der Waals surface area contributed by atoms with Gasteiger partial charge in [-0.3, -0.25) is 0 Å². The summed E-state index contributed by atoms with van der Waals surface area (Å²) >= 11 is 0. The molecule has 1 aliphatic heterocycles. The van der Waals surface area contributed by atoms with E-state index in [9.17, 15) is 10.2 Å². The van der Waals surface area contributed by atoms with Crippen molar-refractivity contribution in [1.29, 1.82) is 0 Å². The van der Waals surface area contributed by atoms with Crippen molar-refractivity contribution in [3.8, 4) is 69.0 Å². The van der Waals surface area contributed by atoms with Crippen LogP contribution in [0, 0.1) is 0 Å². The van der Waals surface area contributed by atoms with Crippen LogP contribution in [0.3, 0.4) is 0 Å². The standard InChI is InChI=1S/C41H50O14/c1-44-23-16-28(45-2)24(29(17-23)46-3)18-26(42)36(21-12-32(49-6)40(53-10)33(13-21)50-7)37-31(48-5)20-30(47-4)25-19-27(43)38(55-39(25)37)22-14-34(51-8)41(54-11)35(15-22)52-9/h12-17,20,26-27,36,38,42-43H,18-19H2,1-11H3/t26-,27-,36+,38-/m1/s1. The van der Waals surface area contributed by atoms with Crippen LogP contribution in [0.25, 0.3) is 0 Å². The topological polar surface area (TPSA) is 151 Å². The van der Waals surface area contributed by atoms with E-state index in [-0.39, 0.29) is 12.8 Å². The van der Waals surface area contributed by atoms with Crippen LogP contribution in [0.1, 0.15) is 39.8 Å². The van der Waals surface area contributed by atoms with Crippen LogP contribution < -0.4 is 56.8 Å². The molecule has 14 heteroatoms. The van der Waals surface area contributed by atoms with Crippen LogP contribution in [-0.4, -0.2) is 101 Å². The molecule has 4 atom stereocenters. The van der Waals surface area contributed by atoms with Crippen molar-refractivity contribution in [3.05, 3.63) is 70.3 Å². The first-order valence-electron chi connectivity index (χ1n) is 17.3. The van der Waals surface area contributed by atoms with Gasteiger partial charge in [0.15, 0.2) is 29.1 Å². The molecule has 14 nitrogen and oxygen atoms in total. The largest absolute Gasteiger partial charge is 0.496 e.